The first-order chi connectivity index (χ1) is 6.32. The van der Waals surface area contributed by atoms with Gasteiger partial charge in [0.2, 0.25) is 5.91 Å². The fraction of sp³-hybridized carbons (Fsp3) is 0.909. The maximum Gasteiger partial charge on any atom is 0.236 e. The van der Waals surface area contributed by atoms with Crippen molar-refractivity contribution in [1.82, 2.24) is 5.32 Å². The lowest BCUT2D eigenvalue weighted by molar-refractivity contribution is -0.123. The van der Waals surface area contributed by atoms with Crippen LogP contribution in [0.1, 0.15) is 40.5 Å². The van der Waals surface area contributed by atoms with Gasteiger partial charge in [-0.15, -0.1) is 0 Å². The molecule has 0 aromatic rings. The van der Waals surface area contributed by atoms with E-state index in [-0.39, 0.29) is 5.91 Å². The molecule has 2 nitrogen and oxygen atoms in total. The van der Waals surface area contributed by atoms with Gasteiger partial charge in [-0.1, -0.05) is 29.8 Å². The molecule has 1 rings (SSSR count). The van der Waals surface area contributed by atoms with Gasteiger partial charge in [-0.3, -0.25) is 4.79 Å². The molecule has 1 aliphatic rings. The lowest BCUT2D eigenvalue weighted by Gasteiger charge is -2.24. The fourth-order valence-electron chi connectivity index (χ4n) is 1.91. The summed E-state index contributed by atoms with van der Waals surface area (Å²) in [5.74, 6) is 1.44. The Hall–Kier alpha value is -0.0500. The number of rotatable bonds is 2. The van der Waals surface area contributed by atoms with E-state index in [4.69, 9.17) is 0 Å². The number of nitrogens with one attached hydrogen (secondary N) is 1. The van der Waals surface area contributed by atoms with E-state index in [1.807, 2.05) is 13.8 Å². The Labute approximate surface area is 95.0 Å². The number of amides is 1. The first-order valence-electron chi connectivity index (χ1n) is 5.32. The minimum Gasteiger partial charge on any atom is -0.352 e. The van der Waals surface area contributed by atoms with E-state index in [2.05, 4.69) is 35.1 Å². The van der Waals surface area contributed by atoms with Gasteiger partial charge in [0.1, 0.15) is 0 Å². The highest BCUT2D eigenvalue weighted by atomic mass is 79.9. The molecule has 0 radical (unpaired) electrons. The number of halogens is 1. The molecule has 0 bridgehead atoms. The van der Waals surface area contributed by atoms with Crippen LogP contribution in [-0.4, -0.2) is 16.3 Å². The van der Waals surface area contributed by atoms with Crippen molar-refractivity contribution in [2.75, 3.05) is 0 Å². The summed E-state index contributed by atoms with van der Waals surface area (Å²) in [5, 5.41) is 3.11. The quantitative estimate of drug-likeness (QED) is 0.762. The Kier molecular flexibility index (Phi) is 3.62. The van der Waals surface area contributed by atoms with Crippen molar-refractivity contribution in [3.05, 3.63) is 0 Å². The molecule has 1 N–H and O–H groups in total. The largest absolute Gasteiger partial charge is 0.352 e. The van der Waals surface area contributed by atoms with Crippen LogP contribution in [0.3, 0.4) is 0 Å². The molecule has 0 saturated heterocycles. The summed E-state index contributed by atoms with van der Waals surface area (Å²) in [6.45, 7) is 8.25. The summed E-state index contributed by atoms with van der Waals surface area (Å²) in [6, 6.07) is 0.370. The molecule has 3 heteroatoms. The normalized spacial score (nSPS) is 33.1. The SMILES string of the molecule is CC1CCC(NC(=O)C(C)(C)Br)C1C. The first-order valence-corrected chi connectivity index (χ1v) is 6.11. The Balaban J connectivity index is 2.50. The number of alkyl halides is 1. The minimum atomic E-state index is -0.446. The summed E-state index contributed by atoms with van der Waals surface area (Å²) in [5.41, 5.74) is 0. The first kappa shape index (κ1) is 12.0. The Morgan fingerprint density at radius 3 is 2.29 bits per heavy atom. The average molecular weight is 262 g/mol. The van der Waals surface area contributed by atoms with Crippen LogP contribution in [0.15, 0.2) is 0 Å². The minimum absolute atomic E-state index is 0.100. The van der Waals surface area contributed by atoms with E-state index in [1.54, 1.807) is 0 Å². The van der Waals surface area contributed by atoms with E-state index >= 15 is 0 Å². The second-order valence-corrected chi connectivity index (χ2v) is 6.95. The maximum absolute atomic E-state index is 11.7. The Bertz CT molecular complexity index is 222. The maximum atomic E-state index is 11.7. The molecular formula is C11H20BrNO. The highest BCUT2D eigenvalue weighted by Gasteiger charge is 2.33. The third-order valence-electron chi connectivity index (χ3n) is 3.32. The van der Waals surface area contributed by atoms with Gasteiger partial charge in [-0.2, -0.15) is 0 Å². The van der Waals surface area contributed by atoms with Crippen molar-refractivity contribution < 1.29 is 4.79 Å². The van der Waals surface area contributed by atoms with Crippen LogP contribution in [0.5, 0.6) is 0 Å². The Morgan fingerprint density at radius 2 is 1.93 bits per heavy atom. The smallest absolute Gasteiger partial charge is 0.236 e. The zero-order valence-corrected chi connectivity index (χ0v) is 11.0. The highest BCUT2D eigenvalue weighted by molar-refractivity contribution is 9.10. The number of hydrogen-bond donors (Lipinski definition) is 1. The van der Waals surface area contributed by atoms with E-state index in [9.17, 15) is 4.79 Å². The zero-order chi connectivity index (χ0) is 10.9. The lowest BCUT2D eigenvalue weighted by Crippen LogP contribution is -2.45. The Morgan fingerprint density at radius 1 is 1.36 bits per heavy atom. The van der Waals surface area contributed by atoms with Gasteiger partial charge < -0.3 is 5.32 Å². The average Bonchev–Trinajstić information content (AvgIpc) is 2.34. The summed E-state index contributed by atoms with van der Waals surface area (Å²) >= 11 is 3.37. The molecular weight excluding hydrogens is 242 g/mol. The van der Waals surface area contributed by atoms with Gasteiger partial charge in [-0.05, 0) is 38.5 Å². The van der Waals surface area contributed by atoms with Gasteiger partial charge in [0.05, 0.1) is 4.32 Å². The number of hydrogen-bond acceptors (Lipinski definition) is 1. The van der Waals surface area contributed by atoms with Crippen LogP contribution in [0, 0.1) is 11.8 Å². The lowest BCUT2D eigenvalue weighted by atomic mass is 9.97. The molecule has 14 heavy (non-hydrogen) atoms. The molecule has 0 spiro atoms. The predicted octanol–water partition coefficient (Wildman–Crippen LogP) is 2.71. The topological polar surface area (TPSA) is 29.1 Å². The second-order valence-electron chi connectivity index (χ2n) is 4.97. The molecule has 0 heterocycles. The van der Waals surface area contributed by atoms with Crippen LogP contribution in [0.4, 0.5) is 0 Å². The van der Waals surface area contributed by atoms with Crippen LogP contribution in [-0.2, 0) is 4.79 Å². The van der Waals surface area contributed by atoms with Gasteiger partial charge >= 0.3 is 0 Å². The monoisotopic (exact) mass is 261 g/mol. The van der Waals surface area contributed by atoms with Crippen molar-refractivity contribution >= 4 is 21.8 Å². The van der Waals surface area contributed by atoms with E-state index < -0.39 is 4.32 Å². The van der Waals surface area contributed by atoms with Crippen molar-refractivity contribution in [2.24, 2.45) is 11.8 Å². The fourth-order valence-corrected chi connectivity index (χ4v) is 2.02. The van der Waals surface area contributed by atoms with Crippen molar-refractivity contribution in [1.29, 1.82) is 0 Å². The summed E-state index contributed by atoms with van der Waals surface area (Å²) in [4.78, 5) is 11.7. The highest BCUT2D eigenvalue weighted by Crippen LogP contribution is 2.31. The molecule has 0 aromatic heterocycles. The third-order valence-corrected chi connectivity index (χ3v) is 3.68. The molecule has 3 unspecified atom stereocenters. The van der Waals surface area contributed by atoms with Gasteiger partial charge in [-0.25, -0.2) is 0 Å². The molecule has 0 aromatic carbocycles. The van der Waals surface area contributed by atoms with Crippen LogP contribution < -0.4 is 5.32 Å². The molecule has 1 aliphatic carbocycles. The van der Waals surface area contributed by atoms with Gasteiger partial charge in [0.25, 0.3) is 0 Å². The zero-order valence-electron chi connectivity index (χ0n) is 9.43. The second kappa shape index (κ2) is 4.21. The summed E-state index contributed by atoms with van der Waals surface area (Å²) in [7, 11) is 0. The number of carbonyl (C=O) groups excluding carboxylic acids is 1. The molecule has 0 aliphatic heterocycles. The van der Waals surface area contributed by atoms with Crippen molar-refractivity contribution in [3.8, 4) is 0 Å². The summed E-state index contributed by atoms with van der Waals surface area (Å²) < 4.78 is -0.446. The molecule has 1 saturated carbocycles. The van der Waals surface area contributed by atoms with E-state index in [0.717, 1.165) is 12.3 Å². The van der Waals surface area contributed by atoms with Gasteiger partial charge in [0.15, 0.2) is 0 Å². The van der Waals surface area contributed by atoms with Crippen molar-refractivity contribution in [2.45, 2.75) is 50.9 Å². The number of carbonyl (C=O) groups is 1. The van der Waals surface area contributed by atoms with Gasteiger partial charge in [0, 0.05) is 6.04 Å². The third kappa shape index (κ3) is 2.72. The van der Waals surface area contributed by atoms with Crippen molar-refractivity contribution in [3.63, 3.8) is 0 Å². The van der Waals surface area contributed by atoms with E-state index in [1.165, 1.54) is 6.42 Å². The van der Waals surface area contributed by atoms with Crippen LogP contribution in [0.25, 0.3) is 0 Å². The molecule has 82 valence electrons. The predicted molar refractivity (Wildman–Crippen MR) is 62.5 cm³/mol. The van der Waals surface area contributed by atoms with Crippen LogP contribution >= 0.6 is 15.9 Å². The van der Waals surface area contributed by atoms with E-state index in [0.29, 0.717) is 12.0 Å². The van der Waals surface area contributed by atoms with Crippen LogP contribution in [0.2, 0.25) is 0 Å². The standard InChI is InChI=1S/C11H20BrNO/c1-7-5-6-9(8(7)2)13-10(14)11(3,4)12/h7-9H,5-6H2,1-4H3,(H,13,14). The molecule has 3 atom stereocenters. The molecule has 1 fully saturated rings. The molecule has 1 amide bonds. The summed E-state index contributed by atoms with van der Waals surface area (Å²) in [6.07, 6.45) is 2.35.